The Kier molecular flexibility index (Phi) is 5.87. The molecule has 0 bridgehead atoms. The van der Waals surface area contributed by atoms with Gasteiger partial charge in [-0.2, -0.15) is 0 Å². The van der Waals surface area contributed by atoms with E-state index in [1.54, 1.807) is 11.3 Å². The molecule has 4 nitrogen and oxygen atoms in total. The van der Waals surface area contributed by atoms with Crippen LogP contribution in [0.25, 0.3) is 10.4 Å². The second-order valence-electron chi connectivity index (χ2n) is 6.93. The highest BCUT2D eigenvalue weighted by Gasteiger charge is 2.25. The summed E-state index contributed by atoms with van der Waals surface area (Å²) in [6.45, 7) is 10.3. The summed E-state index contributed by atoms with van der Waals surface area (Å²) < 4.78 is 0. The number of aromatic nitrogens is 1. The Bertz CT molecular complexity index is 617. The van der Waals surface area contributed by atoms with Gasteiger partial charge in [-0.05, 0) is 18.5 Å². The molecule has 1 aliphatic heterocycles. The molecule has 3 rings (SSSR count). The first-order chi connectivity index (χ1) is 11.6. The molecule has 24 heavy (non-hydrogen) atoms. The van der Waals surface area contributed by atoms with E-state index < -0.39 is 0 Å². The molecule has 130 valence electrons. The highest BCUT2D eigenvalue weighted by molar-refractivity contribution is 7.18. The number of hydrogen-bond acceptors (Lipinski definition) is 5. The van der Waals surface area contributed by atoms with Crippen LogP contribution in [0.3, 0.4) is 0 Å². The third-order valence-corrected chi connectivity index (χ3v) is 5.81. The number of nitrogens with zero attached hydrogens (tertiary/aromatic N) is 3. The van der Waals surface area contributed by atoms with Crippen LogP contribution in [0.1, 0.15) is 13.8 Å². The second kappa shape index (κ2) is 8.10. The Morgan fingerprint density at radius 3 is 2.50 bits per heavy atom. The van der Waals surface area contributed by atoms with Crippen LogP contribution in [0.2, 0.25) is 0 Å². The smallest absolute Gasteiger partial charge is 0.183 e. The summed E-state index contributed by atoms with van der Waals surface area (Å²) in [4.78, 5) is 10.8. The van der Waals surface area contributed by atoms with E-state index in [2.05, 4.69) is 65.3 Å². The van der Waals surface area contributed by atoms with Gasteiger partial charge < -0.3 is 10.2 Å². The Morgan fingerprint density at radius 2 is 1.83 bits per heavy atom. The van der Waals surface area contributed by atoms with Crippen molar-refractivity contribution in [3.63, 3.8) is 0 Å². The van der Waals surface area contributed by atoms with Gasteiger partial charge in [0.15, 0.2) is 5.13 Å². The molecular formula is C19H28N4S. The number of piperazine rings is 1. The van der Waals surface area contributed by atoms with Crippen molar-refractivity contribution in [2.24, 2.45) is 5.92 Å². The van der Waals surface area contributed by atoms with Crippen LogP contribution in [-0.4, -0.2) is 60.6 Å². The van der Waals surface area contributed by atoms with E-state index in [4.69, 9.17) is 0 Å². The minimum Gasteiger partial charge on any atom is -0.360 e. The van der Waals surface area contributed by atoms with Gasteiger partial charge in [0.05, 0.1) is 4.88 Å². The molecule has 1 atom stereocenters. The second-order valence-corrected chi connectivity index (χ2v) is 7.96. The monoisotopic (exact) mass is 344 g/mol. The molecular weight excluding hydrogens is 316 g/mol. The zero-order chi connectivity index (χ0) is 16.9. The zero-order valence-electron chi connectivity index (χ0n) is 14.9. The van der Waals surface area contributed by atoms with Crippen molar-refractivity contribution in [1.29, 1.82) is 0 Å². The number of anilines is 1. The van der Waals surface area contributed by atoms with E-state index in [1.165, 1.54) is 23.5 Å². The van der Waals surface area contributed by atoms with Gasteiger partial charge >= 0.3 is 0 Å². The van der Waals surface area contributed by atoms with Crippen molar-refractivity contribution < 1.29 is 0 Å². The lowest BCUT2D eigenvalue weighted by Crippen LogP contribution is -2.52. The van der Waals surface area contributed by atoms with Crippen molar-refractivity contribution in [2.45, 2.75) is 19.9 Å². The van der Waals surface area contributed by atoms with Crippen molar-refractivity contribution >= 4 is 16.5 Å². The first-order valence-corrected chi connectivity index (χ1v) is 9.63. The topological polar surface area (TPSA) is 31.4 Å². The Balaban J connectivity index is 1.60. The lowest BCUT2D eigenvalue weighted by Gasteiger charge is -2.39. The van der Waals surface area contributed by atoms with E-state index >= 15 is 0 Å². The van der Waals surface area contributed by atoms with Gasteiger partial charge in [0.2, 0.25) is 0 Å². The molecule has 1 saturated heterocycles. The maximum Gasteiger partial charge on any atom is 0.183 e. The molecule has 0 saturated carbocycles. The molecule has 1 aromatic carbocycles. The summed E-state index contributed by atoms with van der Waals surface area (Å²) in [5.74, 6) is 0.634. The van der Waals surface area contributed by atoms with E-state index in [9.17, 15) is 0 Å². The molecule has 1 fully saturated rings. The average Bonchev–Trinajstić information content (AvgIpc) is 3.06. The number of hydrogen-bond donors (Lipinski definition) is 1. The summed E-state index contributed by atoms with van der Waals surface area (Å²) in [6.07, 6.45) is 1.97. The van der Waals surface area contributed by atoms with E-state index in [0.29, 0.717) is 12.0 Å². The van der Waals surface area contributed by atoms with Gasteiger partial charge in [0.1, 0.15) is 0 Å². The Morgan fingerprint density at radius 1 is 1.12 bits per heavy atom. The van der Waals surface area contributed by atoms with Crippen LogP contribution in [0.5, 0.6) is 0 Å². The van der Waals surface area contributed by atoms with Gasteiger partial charge in [-0.1, -0.05) is 55.5 Å². The third-order valence-electron chi connectivity index (χ3n) is 4.80. The van der Waals surface area contributed by atoms with Crippen LogP contribution >= 0.6 is 11.3 Å². The maximum absolute atomic E-state index is 4.56. The lowest BCUT2D eigenvalue weighted by atomic mass is 10.0. The van der Waals surface area contributed by atoms with Crippen LogP contribution in [0.4, 0.5) is 5.13 Å². The number of likely N-dealkylation sites (N-methyl/N-ethyl adjacent to an activating group) is 1. The van der Waals surface area contributed by atoms with Crippen molar-refractivity contribution in [3.8, 4) is 10.4 Å². The third kappa shape index (κ3) is 4.35. The molecule has 0 amide bonds. The fourth-order valence-electron chi connectivity index (χ4n) is 3.22. The predicted molar refractivity (Wildman–Crippen MR) is 104 cm³/mol. The van der Waals surface area contributed by atoms with Crippen LogP contribution < -0.4 is 5.32 Å². The van der Waals surface area contributed by atoms with Crippen LogP contribution in [0.15, 0.2) is 36.5 Å². The molecule has 0 aliphatic carbocycles. The molecule has 2 heterocycles. The number of rotatable bonds is 6. The standard InChI is InChI=1S/C19H28N4S/c1-15(2)17(23-11-9-22(3)10-12-23)13-20-19-21-14-18(24-19)16-7-5-4-6-8-16/h4-8,14-15,17H,9-13H2,1-3H3,(H,20,21). The average molecular weight is 345 g/mol. The number of nitrogens with one attached hydrogen (secondary N) is 1. The molecule has 1 unspecified atom stereocenters. The minimum atomic E-state index is 0.558. The predicted octanol–water partition coefficient (Wildman–Crippen LogP) is 3.49. The first-order valence-electron chi connectivity index (χ1n) is 8.81. The zero-order valence-corrected chi connectivity index (χ0v) is 15.7. The van der Waals surface area contributed by atoms with E-state index in [0.717, 1.165) is 24.8 Å². The first kappa shape index (κ1) is 17.4. The lowest BCUT2D eigenvalue weighted by molar-refractivity contribution is 0.0944. The summed E-state index contributed by atoms with van der Waals surface area (Å²) in [5, 5.41) is 4.60. The normalized spacial score (nSPS) is 18.0. The Hall–Kier alpha value is -1.43. The summed E-state index contributed by atoms with van der Waals surface area (Å²) in [6, 6.07) is 11.0. The largest absolute Gasteiger partial charge is 0.360 e. The van der Waals surface area contributed by atoms with Crippen molar-refractivity contribution in [3.05, 3.63) is 36.5 Å². The number of thiazole rings is 1. The molecule has 1 N–H and O–H groups in total. The summed E-state index contributed by atoms with van der Waals surface area (Å²) in [5.41, 5.74) is 1.24. The van der Waals surface area contributed by atoms with Gasteiger partial charge in [-0.15, -0.1) is 0 Å². The highest BCUT2D eigenvalue weighted by Crippen LogP contribution is 2.28. The van der Waals surface area contributed by atoms with Crippen LogP contribution in [-0.2, 0) is 0 Å². The molecule has 1 aromatic heterocycles. The molecule has 1 aliphatic rings. The van der Waals surface area contributed by atoms with Gasteiger partial charge in [-0.25, -0.2) is 4.98 Å². The maximum atomic E-state index is 4.56. The van der Waals surface area contributed by atoms with Crippen molar-refractivity contribution in [1.82, 2.24) is 14.8 Å². The van der Waals surface area contributed by atoms with Crippen LogP contribution in [0, 0.1) is 5.92 Å². The molecule has 2 aromatic rings. The molecule has 0 spiro atoms. The number of benzene rings is 1. The van der Waals surface area contributed by atoms with Gasteiger partial charge in [0, 0.05) is 45.0 Å². The fraction of sp³-hybridized carbons (Fsp3) is 0.526. The van der Waals surface area contributed by atoms with Gasteiger partial charge in [-0.3, -0.25) is 4.90 Å². The van der Waals surface area contributed by atoms with E-state index in [1.807, 2.05) is 12.3 Å². The quantitative estimate of drug-likeness (QED) is 0.869. The highest BCUT2D eigenvalue weighted by atomic mass is 32.1. The fourth-order valence-corrected chi connectivity index (χ4v) is 4.05. The van der Waals surface area contributed by atoms with Crippen molar-refractivity contribution in [2.75, 3.05) is 45.1 Å². The summed E-state index contributed by atoms with van der Waals surface area (Å²) in [7, 11) is 2.21. The molecule has 0 radical (unpaired) electrons. The Labute approximate surface area is 149 Å². The van der Waals surface area contributed by atoms with E-state index in [-0.39, 0.29) is 0 Å². The minimum absolute atomic E-state index is 0.558. The SMILES string of the molecule is CC(C)C(CNc1ncc(-c2ccccc2)s1)N1CCN(C)CC1. The summed E-state index contributed by atoms with van der Waals surface area (Å²) >= 11 is 1.74. The van der Waals surface area contributed by atoms with Gasteiger partial charge in [0.25, 0.3) is 0 Å². The molecule has 5 heteroatoms.